The molecule has 1 aromatic heterocycles. The van der Waals surface area contributed by atoms with Gasteiger partial charge < -0.3 is 15.7 Å². The van der Waals surface area contributed by atoms with Crippen LogP contribution < -0.4 is 10.6 Å². The second kappa shape index (κ2) is 7.94. The zero-order valence-corrected chi connectivity index (χ0v) is 12.5. The van der Waals surface area contributed by atoms with Gasteiger partial charge in [0.05, 0.1) is 0 Å². The van der Waals surface area contributed by atoms with E-state index in [4.69, 9.17) is 5.11 Å². The molecule has 1 atom stereocenters. The Morgan fingerprint density at radius 3 is 2.32 bits per heavy atom. The molecule has 0 saturated heterocycles. The van der Waals surface area contributed by atoms with Crippen molar-refractivity contribution in [2.75, 3.05) is 30.3 Å². The van der Waals surface area contributed by atoms with Crippen molar-refractivity contribution in [3.05, 3.63) is 11.4 Å². The third-order valence-electron chi connectivity index (χ3n) is 2.98. The Bertz CT molecular complexity index is 395. The van der Waals surface area contributed by atoms with E-state index in [-0.39, 0.29) is 12.5 Å². The Balaban J connectivity index is 2.88. The van der Waals surface area contributed by atoms with Crippen molar-refractivity contribution in [3.8, 4) is 0 Å². The first kappa shape index (κ1) is 15.7. The number of nitrogens with zero attached hydrogens (tertiary/aromatic N) is 2. The van der Waals surface area contributed by atoms with Crippen molar-refractivity contribution in [1.29, 1.82) is 0 Å². The van der Waals surface area contributed by atoms with Crippen molar-refractivity contribution in [2.24, 2.45) is 5.92 Å². The maximum absolute atomic E-state index is 9.07. The summed E-state index contributed by atoms with van der Waals surface area (Å²) in [5.74, 6) is 2.83. The lowest BCUT2D eigenvalue weighted by molar-refractivity contribution is 0.244. The largest absolute Gasteiger partial charge is 0.396 e. The molecule has 108 valence electrons. The van der Waals surface area contributed by atoms with Crippen molar-refractivity contribution in [1.82, 2.24) is 9.97 Å². The average molecular weight is 266 g/mol. The zero-order chi connectivity index (χ0) is 14.3. The number of aromatic nitrogens is 2. The van der Waals surface area contributed by atoms with Gasteiger partial charge in [-0.3, -0.25) is 0 Å². The van der Waals surface area contributed by atoms with Crippen LogP contribution in [-0.4, -0.2) is 34.8 Å². The highest BCUT2D eigenvalue weighted by atomic mass is 16.3. The number of rotatable bonds is 8. The molecular weight excluding hydrogens is 240 g/mol. The summed E-state index contributed by atoms with van der Waals surface area (Å²) in [7, 11) is 0. The first-order valence-corrected chi connectivity index (χ1v) is 7.08. The normalized spacial score (nSPS) is 12.3. The van der Waals surface area contributed by atoms with Gasteiger partial charge in [-0.2, -0.15) is 0 Å². The quantitative estimate of drug-likeness (QED) is 0.673. The van der Waals surface area contributed by atoms with Gasteiger partial charge in [0, 0.05) is 31.7 Å². The van der Waals surface area contributed by atoms with E-state index >= 15 is 0 Å². The van der Waals surface area contributed by atoms with Crippen molar-refractivity contribution >= 4 is 11.6 Å². The number of aryl methyl sites for hydroxylation is 1. The summed E-state index contributed by atoms with van der Waals surface area (Å²) < 4.78 is 0. The number of aliphatic hydroxyl groups is 1. The van der Waals surface area contributed by atoms with Gasteiger partial charge in [-0.15, -0.1) is 0 Å². The Labute approximate surface area is 115 Å². The van der Waals surface area contributed by atoms with Gasteiger partial charge in [0.1, 0.15) is 17.5 Å². The second-order valence-corrected chi connectivity index (χ2v) is 4.91. The molecule has 19 heavy (non-hydrogen) atoms. The lowest BCUT2D eigenvalue weighted by Gasteiger charge is -2.16. The van der Waals surface area contributed by atoms with E-state index in [2.05, 4.69) is 27.5 Å². The topological polar surface area (TPSA) is 70.1 Å². The highest BCUT2D eigenvalue weighted by Gasteiger charge is 2.10. The minimum absolute atomic E-state index is 0.179. The molecule has 0 aliphatic rings. The molecule has 0 amide bonds. The Kier molecular flexibility index (Phi) is 6.56. The van der Waals surface area contributed by atoms with E-state index in [1.165, 1.54) is 0 Å². The summed E-state index contributed by atoms with van der Waals surface area (Å²) in [5, 5.41) is 15.7. The first-order chi connectivity index (χ1) is 9.12. The molecule has 0 aliphatic heterocycles. The van der Waals surface area contributed by atoms with E-state index < -0.39 is 0 Å². The summed E-state index contributed by atoms with van der Waals surface area (Å²) in [6.45, 7) is 10.0. The van der Waals surface area contributed by atoms with Crippen LogP contribution in [0.2, 0.25) is 0 Å². The SMILES string of the molecule is CCCNc1nc(CC)nc(NCC(C)CO)c1C. The fourth-order valence-electron chi connectivity index (χ4n) is 1.64. The molecule has 0 spiro atoms. The first-order valence-electron chi connectivity index (χ1n) is 7.08. The predicted molar refractivity (Wildman–Crippen MR) is 79.7 cm³/mol. The molecule has 0 aliphatic carbocycles. The van der Waals surface area contributed by atoms with Crippen molar-refractivity contribution in [3.63, 3.8) is 0 Å². The van der Waals surface area contributed by atoms with Gasteiger partial charge in [-0.1, -0.05) is 20.8 Å². The van der Waals surface area contributed by atoms with Crippen LogP contribution in [0, 0.1) is 12.8 Å². The highest BCUT2D eigenvalue weighted by Crippen LogP contribution is 2.20. The van der Waals surface area contributed by atoms with Crippen molar-refractivity contribution < 1.29 is 5.11 Å². The summed E-state index contributed by atoms with van der Waals surface area (Å²) >= 11 is 0. The Morgan fingerprint density at radius 2 is 1.79 bits per heavy atom. The number of hydrogen-bond donors (Lipinski definition) is 3. The smallest absolute Gasteiger partial charge is 0.134 e. The molecule has 0 bridgehead atoms. The van der Waals surface area contributed by atoms with Gasteiger partial charge in [0.2, 0.25) is 0 Å². The van der Waals surface area contributed by atoms with Crippen LogP contribution in [0.25, 0.3) is 0 Å². The van der Waals surface area contributed by atoms with E-state index in [1.807, 2.05) is 20.8 Å². The number of nitrogens with one attached hydrogen (secondary N) is 2. The van der Waals surface area contributed by atoms with Crippen LogP contribution in [0.15, 0.2) is 0 Å². The molecule has 0 aromatic carbocycles. The lowest BCUT2D eigenvalue weighted by Crippen LogP contribution is -2.17. The van der Waals surface area contributed by atoms with E-state index in [0.717, 1.165) is 42.4 Å². The molecule has 3 N–H and O–H groups in total. The van der Waals surface area contributed by atoms with Gasteiger partial charge in [0.15, 0.2) is 0 Å². The molecule has 1 unspecified atom stereocenters. The van der Waals surface area contributed by atoms with Crippen LogP contribution in [0.4, 0.5) is 11.6 Å². The Hall–Kier alpha value is -1.36. The number of hydrogen-bond acceptors (Lipinski definition) is 5. The maximum atomic E-state index is 9.07. The van der Waals surface area contributed by atoms with Gasteiger partial charge in [-0.05, 0) is 19.3 Å². The number of aliphatic hydroxyl groups excluding tert-OH is 1. The summed E-state index contributed by atoms with van der Waals surface area (Å²) in [6.07, 6.45) is 1.88. The van der Waals surface area contributed by atoms with Crippen molar-refractivity contribution in [2.45, 2.75) is 40.5 Å². The molecule has 1 rings (SSSR count). The minimum Gasteiger partial charge on any atom is -0.396 e. The van der Waals surface area contributed by atoms with E-state index in [1.54, 1.807) is 0 Å². The molecule has 1 heterocycles. The standard InChI is InChI=1S/C14H26N4O/c1-5-7-15-13-11(4)14(16-8-10(3)9-19)18-12(6-2)17-13/h10,19H,5-9H2,1-4H3,(H2,15,16,17,18). The average Bonchev–Trinajstić information content (AvgIpc) is 2.44. The lowest BCUT2D eigenvalue weighted by atomic mass is 10.2. The molecule has 5 nitrogen and oxygen atoms in total. The fraction of sp³-hybridized carbons (Fsp3) is 0.714. The van der Waals surface area contributed by atoms with Crippen LogP contribution >= 0.6 is 0 Å². The third kappa shape index (κ3) is 4.67. The van der Waals surface area contributed by atoms with Crippen LogP contribution in [0.5, 0.6) is 0 Å². The van der Waals surface area contributed by atoms with E-state index in [9.17, 15) is 0 Å². The molecule has 0 fully saturated rings. The minimum atomic E-state index is 0.179. The highest BCUT2D eigenvalue weighted by molar-refractivity contribution is 5.57. The fourth-order valence-corrected chi connectivity index (χ4v) is 1.64. The van der Waals surface area contributed by atoms with E-state index in [0.29, 0.717) is 6.54 Å². The summed E-state index contributed by atoms with van der Waals surface area (Å²) in [4.78, 5) is 9.05. The summed E-state index contributed by atoms with van der Waals surface area (Å²) in [6, 6.07) is 0. The Morgan fingerprint density at radius 1 is 1.16 bits per heavy atom. The second-order valence-electron chi connectivity index (χ2n) is 4.91. The third-order valence-corrected chi connectivity index (χ3v) is 2.98. The zero-order valence-electron chi connectivity index (χ0n) is 12.5. The van der Waals surface area contributed by atoms with Crippen LogP contribution in [0.1, 0.15) is 38.6 Å². The molecule has 1 aromatic rings. The van der Waals surface area contributed by atoms with Gasteiger partial charge in [-0.25, -0.2) is 9.97 Å². The van der Waals surface area contributed by atoms with Crippen LogP contribution in [-0.2, 0) is 6.42 Å². The van der Waals surface area contributed by atoms with Crippen LogP contribution in [0.3, 0.4) is 0 Å². The predicted octanol–water partition coefficient (Wildman–Crippen LogP) is 2.21. The number of anilines is 2. The monoisotopic (exact) mass is 266 g/mol. The van der Waals surface area contributed by atoms with Gasteiger partial charge >= 0.3 is 0 Å². The molecule has 0 radical (unpaired) electrons. The maximum Gasteiger partial charge on any atom is 0.134 e. The van der Waals surface area contributed by atoms with Gasteiger partial charge in [0.25, 0.3) is 0 Å². The molecular formula is C14H26N4O. The summed E-state index contributed by atoms with van der Waals surface area (Å²) in [5.41, 5.74) is 1.04. The molecule has 0 saturated carbocycles. The molecule has 5 heteroatoms.